The molecule has 0 amide bonds. The Morgan fingerprint density at radius 2 is 0.561 bits per heavy atom. The second kappa shape index (κ2) is 24.6. The van der Waals surface area contributed by atoms with E-state index < -0.39 is 0 Å². The highest BCUT2D eigenvalue weighted by Gasteiger charge is 2.25. The van der Waals surface area contributed by atoms with Gasteiger partial charge in [0.05, 0.1) is 63.3 Å². The third-order valence-electron chi connectivity index (χ3n) is 18.7. The van der Waals surface area contributed by atoms with Gasteiger partial charge in [-0.3, -0.25) is 0 Å². The van der Waals surface area contributed by atoms with Gasteiger partial charge in [-0.05, 0) is 181 Å². The molecule has 8 nitrogen and oxygen atoms in total. The molecule has 98 heavy (non-hydrogen) atoms. The molecule has 0 saturated carbocycles. The van der Waals surface area contributed by atoms with Crippen LogP contribution in [-0.2, 0) is 0 Å². The van der Waals surface area contributed by atoms with Crippen LogP contribution in [0.1, 0.15) is 11.1 Å². The number of hydrogen-bond acceptors (Lipinski definition) is 5. The molecule has 0 saturated heterocycles. The number of nitriles is 2. The van der Waals surface area contributed by atoms with Gasteiger partial charge >= 0.3 is 0 Å². The summed E-state index contributed by atoms with van der Waals surface area (Å²) in [6.07, 6.45) is 0. The van der Waals surface area contributed by atoms with Crippen molar-refractivity contribution in [1.29, 1.82) is 10.5 Å². The van der Waals surface area contributed by atoms with Gasteiger partial charge in [0, 0.05) is 38.2 Å². The van der Waals surface area contributed by atoms with Gasteiger partial charge in [0.1, 0.15) is 0 Å². The number of rotatable bonds is 12. The van der Waals surface area contributed by atoms with Gasteiger partial charge in [-0.1, -0.05) is 224 Å². The van der Waals surface area contributed by atoms with Crippen LogP contribution in [0.15, 0.2) is 328 Å². The Morgan fingerprint density at radius 3 is 0.959 bits per heavy atom. The largest absolute Gasteiger partial charge is 0.308 e. The van der Waals surface area contributed by atoms with E-state index in [1.807, 2.05) is 97.1 Å². The van der Waals surface area contributed by atoms with Crippen molar-refractivity contribution in [2.75, 3.05) is 0 Å². The molecule has 454 valence electrons. The van der Waals surface area contributed by atoms with Gasteiger partial charge in [0.2, 0.25) is 0 Å². The number of fused-ring (bicyclic) bond motifs is 6. The minimum Gasteiger partial charge on any atom is -0.308 e. The molecule has 14 aromatic carbocycles. The molecule has 3 heterocycles. The van der Waals surface area contributed by atoms with Crippen molar-refractivity contribution in [2.24, 2.45) is 0 Å². The van der Waals surface area contributed by atoms with Gasteiger partial charge in [-0.25, -0.2) is 19.8 Å². The normalized spacial score (nSPS) is 11.2. The number of hydrogen-bond donors (Lipinski definition) is 0. The molecule has 3 aromatic heterocycles. The lowest BCUT2D eigenvalue weighted by molar-refractivity contribution is 1.06. The molecule has 0 N–H and O–H groups in total. The lowest BCUT2D eigenvalue weighted by Crippen LogP contribution is -2.06. The monoisotopic (exact) mass is 1250 g/mol. The molecule has 0 aliphatic rings. The SMILES string of the molecule is [C-]#[N+]c1cccc(-c2ccc(-n3c4ccc(-c5ccccc5)cc4c4cc(-c5ccccc5)ccc43)c(-c3nc(-c4ccc(-c5ccc(C#N)cc5)cc4)nc(-c4cc(-c5cccc(C#N)c5)ccc4-n4c5ccc(-c6ccccc6)cc5c5cc(-c6ccccc6)ccc54)n3)c2)c1. The molecular weight excluding hydrogens is 1190 g/mol. The Balaban J connectivity index is 0.961. The Morgan fingerprint density at radius 1 is 0.255 bits per heavy atom. The van der Waals surface area contributed by atoms with E-state index in [9.17, 15) is 10.5 Å². The molecule has 17 aromatic rings. The maximum atomic E-state index is 10.3. The summed E-state index contributed by atoms with van der Waals surface area (Å²) < 4.78 is 4.69. The highest BCUT2D eigenvalue weighted by Crippen LogP contribution is 2.45. The van der Waals surface area contributed by atoms with Gasteiger partial charge in [0.25, 0.3) is 0 Å². The molecule has 0 radical (unpaired) electrons. The molecule has 0 aliphatic heterocycles. The van der Waals surface area contributed by atoms with Crippen LogP contribution in [0.4, 0.5) is 5.69 Å². The van der Waals surface area contributed by atoms with Crippen molar-refractivity contribution in [2.45, 2.75) is 0 Å². The minimum absolute atomic E-state index is 0.417. The predicted octanol–water partition coefficient (Wildman–Crippen LogP) is 23.0. The lowest BCUT2D eigenvalue weighted by Gasteiger charge is -2.18. The van der Waals surface area contributed by atoms with Gasteiger partial charge in [0.15, 0.2) is 23.2 Å². The summed E-state index contributed by atoms with van der Waals surface area (Å²) in [7, 11) is 0. The van der Waals surface area contributed by atoms with Crippen molar-refractivity contribution in [3.8, 4) is 136 Å². The van der Waals surface area contributed by atoms with Crippen LogP contribution >= 0.6 is 0 Å². The highest BCUT2D eigenvalue weighted by atomic mass is 15.1. The van der Waals surface area contributed by atoms with Gasteiger partial charge < -0.3 is 9.13 Å². The summed E-state index contributed by atoms with van der Waals surface area (Å²) in [5.41, 5.74) is 23.8. The Bertz CT molecular complexity index is 5590. The molecule has 0 unspecified atom stereocenters. The predicted molar refractivity (Wildman–Crippen MR) is 399 cm³/mol. The van der Waals surface area contributed by atoms with Crippen LogP contribution in [-0.4, -0.2) is 24.1 Å². The van der Waals surface area contributed by atoms with E-state index in [2.05, 4.69) is 257 Å². The van der Waals surface area contributed by atoms with Crippen LogP contribution in [0.25, 0.3) is 172 Å². The van der Waals surface area contributed by atoms with E-state index in [0.29, 0.717) is 34.3 Å². The number of aromatic nitrogens is 5. The van der Waals surface area contributed by atoms with Crippen LogP contribution in [0.3, 0.4) is 0 Å². The third kappa shape index (κ3) is 10.6. The summed E-state index contributed by atoms with van der Waals surface area (Å²) in [5, 5.41) is 24.3. The van der Waals surface area contributed by atoms with Gasteiger partial charge in [-0.2, -0.15) is 10.5 Å². The summed E-state index contributed by atoms with van der Waals surface area (Å²) in [4.78, 5) is 21.0. The quantitative estimate of drug-likeness (QED) is 0.113. The smallest absolute Gasteiger partial charge is 0.187 e. The maximum absolute atomic E-state index is 10.3. The minimum atomic E-state index is 0.417. The first-order valence-electron chi connectivity index (χ1n) is 32.4. The molecular formula is C90H54N8. The standard InChI is InChI=1S/C90H54N8/c1-93-75-27-15-26-68(49-75)74-41-47-87(98-84-44-38-71(62-21-10-4-11-22-62)52-78(84)79-53-72(39-45-85(79)98)63-23-12-5-13-24-63)81(55-74)90-95-88(66-34-32-65(33-35-66)64-30-28-58(56-91)29-31-64)94-89(96-90)80-54-73(67-25-14-16-59(48-67)57-92)40-46-86(80)97-82-42-36-69(60-17-6-2-7-18-60)50-76(82)77-51-70(37-43-83(77)97)61-19-8-3-9-20-61/h2-55H. The van der Waals surface area contributed by atoms with E-state index in [4.69, 9.17) is 21.5 Å². The zero-order valence-corrected chi connectivity index (χ0v) is 52.8. The molecule has 0 bridgehead atoms. The Labute approximate surface area is 566 Å². The van der Waals surface area contributed by atoms with Crippen molar-refractivity contribution in [3.63, 3.8) is 0 Å². The van der Waals surface area contributed by atoms with Crippen molar-refractivity contribution in [3.05, 3.63) is 350 Å². The molecule has 0 spiro atoms. The fourth-order valence-corrected chi connectivity index (χ4v) is 13.8. The van der Waals surface area contributed by atoms with Crippen LogP contribution in [0.5, 0.6) is 0 Å². The highest BCUT2D eigenvalue weighted by molar-refractivity contribution is 6.14. The first-order chi connectivity index (χ1) is 48.4. The van der Waals surface area contributed by atoms with E-state index in [1.165, 1.54) is 0 Å². The average molecular weight is 1250 g/mol. The van der Waals surface area contributed by atoms with Crippen molar-refractivity contribution in [1.82, 2.24) is 24.1 Å². The lowest BCUT2D eigenvalue weighted by atomic mass is 9.98. The fourth-order valence-electron chi connectivity index (χ4n) is 13.8. The first-order valence-corrected chi connectivity index (χ1v) is 32.4. The van der Waals surface area contributed by atoms with Crippen LogP contribution in [0, 0.1) is 29.2 Å². The van der Waals surface area contributed by atoms with Crippen LogP contribution < -0.4 is 0 Å². The van der Waals surface area contributed by atoms with Crippen molar-refractivity contribution >= 4 is 49.3 Å². The zero-order chi connectivity index (χ0) is 65.6. The fraction of sp³-hybridized carbons (Fsp3) is 0. The number of benzene rings is 14. The topological polar surface area (TPSA) is 100 Å². The van der Waals surface area contributed by atoms with E-state index in [0.717, 1.165) is 150 Å². The first kappa shape index (κ1) is 58.0. The maximum Gasteiger partial charge on any atom is 0.187 e. The Hall–Kier alpha value is -13.8. The second-order valence-corrected chi connectivity index (χ2v) is 24.5. The van der Waals surface area contributed by atoms with E-state index >= 15 is 0 Å². The summed E-state index contributed by atoms with van der Waals surface area (Å²) >= 11 is 0. The van der Waals surface area contributed by atoms with Crippen molar-refractivity contribution < 1.29 is 0 Å². The summed E-state index contributed by atoms with van der Waals surface area (Å²) in [5.74, 6) is 1.27. The zero-order valence-electron chi connectivity index (χ0n) is 52.8. The van der Waals surface area contributed by atoms with Gasteiger partial charge in [-0.15, -0.1) is 0 Å². The summed E-state index contributed by atoms with van der Waals surface area (Å²) in [6.45, 7) is 8.10. The molecule has 0 atom stereocenters. The molecule has 8 heteroatoms. The average Bonchev–Trinajstić information content (AvgIpc) is 1.69. The van der Waals surface area contributed by atoms with E-state index in [-0.39, 0.29) is 0 Å². The molecule has 17 rings (SSSR count). The Kier molecular flexibility index (Phi) is 14.5. The number of nitrogens with zero attached hydrogens (tertiary/aromatic N) is 8. The summed E-state index contributed by atoms with van der Waals surface area (Å²) in [6, 6.07) is 118. The van der Waals surface area contributed by atoms with E-state index in [1.54, 1.807) is 0 Å². The second-order valence-electron chi connectivity index (χ2n) is 24.5. The van der Waals surface area contributed by atoms with Crippen LogP contribution in [0.2, 0.25) is 0 Å². The molecule has 0 fully saturated rings. The molecule has 0 aliphatic carbocycles. The third-order valence-corrected chi connectivity index (χ3v) is 18.7.